The normalized spacial score (nSPS) is 12.7. The van der Waals surface area contributed by atoms with E-state index in [0.717, 1.165) is 11.3 Å². The Balaban J connectivity index is 2.44. The summed E-state index contributed by atoms with van der Waals surface area (Å²) in [5, 5.41) is 4.03. The summed E-state index contributed by atoms with van der Waals surface area (Å²) in [6, 6.07) is 4.55. The molecule has 1 heterocycles. The minimum Gasteiger partial charge on any atom is -0.328 e. The summed E-state index contributed by atoms with van der Waals surface area (Å²) >= 11 is 0. The molecule has 0 amide bonds. The maximum absolute atomic E-state index is 13.2. The second-order valence-electron chi connectivity index (χ2n) is 3.79. The van der Waals surface area contributed by atoms with Crippen molar-refractivity contribution in [1.82, 2.24) is 14.8 Å². The van der Waals surface area contributed by atoms with Gasteiger partial charge < -0.3 is 5.73 Å². The van der Waals surface area contributed by atoms with E-state index < -0.39 is 0 Å². The van der Waals surface area contributed by atoms with E-state index in [1.807, 2.05) is 6.92 Å². The fourth-order valence-electron chi connectivity index (χ4n) is 1.62. The van der Waals surface area contributed by atoms with Crippen LogP contribution in [0.15, 0.2) is 30.9 Å². The van der Waals surface area contributed by atoms with Gasteiger partial charge in [-0.1, -0.05) is 0 Å². The number of halogens is 1. The maximum atomic E-state index is 13.2. The van der Waals surface area contributed by atoms with Crippen molar-refractivity contribution < 1.29 is 4.39 Å². The van der Waals surface area contributed by atoms with Crippen LogP contribution in [-0.2, 0) is 6.42 Å². The lowest BCUT2D eigenvalue weighted by Crippen LogP contribution is -2.19. The molecule has 2 aromatic rings. The number of nitrogens with zero attached hydrogens (tertiary/aromatic N) is 3. The highest BCUT2D eigenvalue weighted by Crippen LogP contribution is 2.16. The van der Waals surface area contributed by atoms with Gasteiger partial charge in [0.1, 0.15) is 18.5 Å². The van der Waals surface area contributed by atoms with Crippen LogP contribution in [0.25, 0.3) is 5.69 Å². The van der Waals surface area contributed by atoms with Crippen LogP contribution < -0.4 is 5.73 Å². The molecule has 16 heavy (non-hydrogen) atoms. The van der Waals surface area contributed by atoms with Crippen molar-refractivity contribution in [1.29, 1.82) is 0 Å². The predicted octanol–water partition coefficient (Wildman–Crippen LogP) is 1.30. The zero-order valence-electron chi connectivity index (χ0n) is 8.97. The number of benzene rings is 1. The fraction of sp³-hybridized carbons (Fsp3) is 0.273. The van der Waals surface area contributed by atoms with Gasteiger partial charge in [0, 0.05) is 6.04 Å². The van der Waals surface area contributed by atoms with Crippen LogP contribution in [-0.4, -0.2) is 20.8 Å². The second-order valence-corrected chi connectivity index (χ2v) is 3.79. The fourth-order valence-corrected chi connectivity index (χ4v) is 1.62. The Morgan fingerprint density at radius 1 is 1.50 bits per heavy atom. The van der Waals surface area contributed by atoms with Gasteiger partial charge in [-0.05, 0) is 37.1 Å². The molecule has 1 unspecified atom stereocenters. The van der Waals surface area contributed by atoms with Crippen molar-refractivity contribution >= 4 is 0 Å². The van der Waals surface area contributed by atoms with Gasteiger partial charge in [0.2, 0.25) is 0 Å². The molecule has 5 heteroatoms. The van der Waals surface area contributed by atoms with Gasteiger partial charge in [0.25, 0.3) is 0 Å². The smallest absolute Gasteiger partial charge is 0.138 e. The maximum Gasteiger partial charge on any atom is 0.138 e. The highest BCUT2D eigenvalue weighted by molar-refractivity contribution is 5.40. The Morgan fingerprint density at radius 2 is 2.31 bits per heavy atom. The molecule has 0 saturated carbocycles. The van der Waals surface area contributed by atoms with Crippen molar-refractivity contribution in [3.05, 3.63) is 42.2 Å². The van der Waals surface area contributed by atoms with Crippen LogP contribution in [0.4, 0.5) is 4.39 Å². The largest absolute Gasteiger partial charge is 0.328 e. The quantitative estimate of drug-likeness (QED) is 0.848. The first kappa shape index (κ1) is 10.8. The average molecular weight is 220 g/mol. The number of nitrogens with two attached hydrogens (primary N) is 1. The first-order valence-corrected chi connectivity index (χ1v) is 5.06. The predicted molar refractivity (Wildman–Crippen MR) is 58.7 cm³/mol. The molecular weight excluding hydrogens is 207 g/mol. The first-order chi connectivity index (χ1) is 7.66. The van der Waals surface area contributed by atoms with Gasteiger partial charge in [-0.15, -0.1) is 0 Å². The SMILES string of the molecule is CC(N)Cc1cc(F)ccc1-n1cncn1. The Kier molecular flexibility index (Phi) is 2.96. The van der Waals surface area contributed by atoms with Crippen molar-refractivity contribution in [2.75, 3.05) is 0 Å². The zero-order chi connectivity index (χ0) is 11.5. The van der Waals surface area contributed by atoms with Gasteiger partial charge in [-0.25, -0.2) is 14.1 Å². The Hall–Kier alpha value is -1.75. The molecule has 0 bridgehead atoms. The van der Waals surface area contributed by atoms with Gasteiger partial charge in [-0.3, -0.25) is 0 Å². The molecule has 84 valence electrons. The van der Waals surface area contributed by atoms with Crippen molar-refractivity contribution in [2.45, 2.75) is 19.4 Å². The number of rotatable bonds is 3. The van der Waals surface area contributed by atoms with E-state index in [4.69, 9.17) is 5.73 Å². The van der Waals surface area contributed by atoms with E-state index in [0.29, 0.717) is 6.42 Å². The molecule has 0 aliphatic rings. The van der Waals surface area contributed by atoms with E-state index in [2.05, 4.69) is 10.1 Å². The topological polar surface area (TPSA) is 56.7 Å². The molecule has 0 spiro atoms. The summed E-state index contributed by atoms with van der Waals surface area (Å²) < 4.78 is 14.8. The highest BCUT2D eigenvalue weighted by atomic mass is 19.1. The first-order valence-electron chi connectivity index (χ1n) is 5.06. The second kappa shape index (κ2) is 4.40. The van der Waals surface area contributed by atoms with Crippen LogP contribution >= 0.6 is 0 Å². The molecular formula is C11H13FN4. The monoisotopic (exact) mass is 220 g/mol. The molecule has 0 fully saturated rings. The standard InChI is InChI=1S/C11H13FN4/c1-8(13)4-9-5-10(12)2-3-11(9)16-7-14-6-15-16/h2-3,5-8H,4,13H2,1H3. The molecule has 0 saturated heterocycles. The van der Waals surface area contributed by atoms with Crippen molar-refractivity contribution in [3.63, 3.8) is 0 Å². The van der Waals surface area contributed by atoms with Crippen LogP contribution in [0.2, 0.25) is 0 Å². The summed E-state index contributed by atoms with van der Waals surface area (Å²) in [4.78, 5) is 3.87. The minimum absolute atomic E-state index is 0.0240. The van der Waals surface area contributed by atoms with E-state index in [1.54, 1.807) is 17.1 Å². The van der Waals surface area contributed by atoms with Crippen LogP contribution in [0.3, 0.4) is 0 Å². The lowest BCUT2D eigenvalue weighted by molar-refractivity contribution is 0.621. The van der Waals surface area contributed by atoms with Crippen LogP contribution in [0.5, 0.6) is 0 Å². The summed E-state index contributed by atoms with van der Waals surface area (Å²) in [7, 11) is 0. The van der Waals surface area contributed by atoms with Gasteiger partial charge >= 0.3 is 0 Å². The average Bonchev–Trinajstić information content (AvgIpc) is 2.69. The van der Waals surface area contributed by atoms with Crippen LogP contribution in [0.1, 0.15) is 12.5 Å². The van der Waals surface area contributed by atoms with Crippen molar-refractivity contribution in [2.24, 2.45) is 5.73 Å². The molecule has 1 atom stereocenters. The molecule has 0 aliphatic heterocycles. The lowest BCUT2D eigenvalue weighted by Gasteiger charge is -2.11. The molecule has 2 N–H and O–H groups in total. The van der Waals surface area contributed by atoms with Crippen LogP contribution in [0, 0.1) is 5.82 Å². The number of hydrogen-bond donors (Lipinski definition) is 1. The van der Waals surface area contributed by atoms with E-state index in [9.17, 15) is 4.39 Å². The summed E-state index contributed by atoms with van der Waals surface area (Å²) in [5.41, 5.74) is 7.38. The summed E-state index contributed by atoms with van der Waals surface area (Å²) in [6.45, 7) is 1.88. The summed E-state index contributed by atoms with van der Waals surface area (Å²) in [6.07, 6.45) is 3.63. The Labute approximate surface area is 92.9 Å². The molecule has 0 radical (unpaired) electrons. The molecule has 4 nitrogen and oxygen atoms in total. The van der Waals surface area contributed by atoms with Gasteiger partial charge in [0.15, 0.2) is 0 Å². The number of aromatic nitrogens is 3. The molecule has 2 rings (SSSR count). The molecule has 0 aliphatic carbocycles. The van der Waals surface area contributed by atoms with E-state index in [-0.39, 0.29) is 11.9 Å². The lowest BCUT2D eigenvalue weighted by atomic mass is 10.1. The molecule has 1 aromatic carbocycles. The third kappa shape index (κ3) is 2.25. The van der Waals surface area contributed by atoms with Crippen molar-refractivity contribution in [3.8, 4) is 5.69 Å². The van der Waals surface area contributed by atoms with Gasteiger partial charge in [0.05, 0.1) is 5.69 Å². The Morgan fingerprint density at radius 3 is 2.94 bits per heavy atom. The number of hydrogen-bond acceptors (Lipinski definition) is 3. The third-order valence-corrected chi connectivity index (χ3v) is 2.25. The molecule has 1 aromatic heterocycles. The third-order valence-electron chi connectivity index (χ3n) is 2.25. The highest BCUT2D eigenvalue weighted by Gasteiger charge is 2.08. The summed E-state index contributed by atoms with van der Waals surface area (Å²) in [5.74, 6) is -0.264. The van der Waals surface area contributed by atoms with E-state index >= 15 is 0 Å². The minimum atomic E-state index is -0.264. The van der Waals surface area contributed by atoms with E-state index in [1.165, 1.54) is 18.5 Å². The zero-order valence-corrected chi connectivity index (χ0v) is 8.97. The Bertz CT molecular complexity index is 465. The van der Waals surface area contributed by atoms with Gasteiger partial charge in [-0.2, -0.15) is 5.10 Å².